The average molecular weight is 427 g/mol. The first-order valence-electron chi connectivity index (χ1n) is 11.7. The van der Waals surface area contributed by atoms with Crippen LogP contribution in [0.3, 0.4) is 0 Å². The van der Waals surface area contributed by atoms with Crippen LogP contribution in [0.25, 0.3) is 0 Å². The molecule has 166 valence electrons. The van der Waals surface area contributed by atoms with Crippen LogP contribution < -0.4 is 10.2 Å². The van der Waals surface area contributed by atoms with Crippen LogP contribution in [-0.4, -0.2) is 11.9 Å². The molecule has 1 N–H and O–H groups in total. The zero-order chi connectivity index (χ0) is 22.9. The lowest BCUT2D eigenvalue weighted by Gasteiger charge is -2.45. The summed E-state index contributed by atoms with van der Waals surface area (Å²) in [5.74, 6) is 0.336. The highest BCUT2D eigenvalue weighted by Gasteiger charge is 2.40. The van der Waals surface area contributed by atoms with Crippen molar-refractivity contribution in [2.45, 2.75) is 58.5 Å². The lowest BCUT2D eigenvalue weighted by molar-refractivity contribution is 0.0960. The zero-order valence-corrected chi connectivity index (χ0v) is 19.8. The van der Waals surface area contributed by atoms with Crippen molar-refractivity contribution in [3.63, 3.8) is 0 Å². The van der Waals surface area contributed by atoms with E-state index in [1.165, 1.54) is 11.1 Å². The third kappa shape index (κ3) is 4.17. The van der Waals surface area contributed by atoms with Gasteiger partial charge >= 0.3 is 0 Å². The Morgan fingerprint density at radius 3 is 2.16 bits per heavy atom. The molecule has 1 heterocycles. The molecule has 0 radical (unpaired) electrons. The van der Waals surface area contributed by atoms with Gasteiger partial charge in [-0.1, -0.05) is 83.1 Å². The molecule has 3 heteroatoms. The van der Waals surface area contributed by atoms with Gasteiger partial charge in [0.15, 0.2) is 0 Å². The zero-order valence-electron chi connectivity index (χ0n) is 19.8. The van der Waals surface area contributed by atoms with Crippen LogP contribution in [0.5, 0.6) is 0 Å². The molecule has 4 rings (SSSR count). The highest BCUT2D eigenvalue weighted by molar-refractivity contribution is 6.07. The van der Waals surface area contributed by atoms with E-state index < -0.39 is 0 Å². The van der Waals surface area contributed by atoms with Crippen LogP contribution in [0.15, 0.2) is 78.9 Å². The third-order valence-electron chi connectivity index (χ3n) is 6.73. The number of anilines is 2. The monoisotopic (exact) mass is 426 g/mol. The smallest absolute Gasteiger partial charge is 0.258 e. The number of hydrogen-bond donors (Lipinski definition) is 1. The minimum absolute atomic E-state index is 0.0656. The molecule has 0 aromatic heterocycles. The van der Waals surface area contributed by atoms with Crippen molar-refractivity contribution < 1.29 is 4.79 Å². The Hall–Kier alpha value is -3.07. The van der Waals surface area contributed by atoms with Gasteiger partial charge in [-0.25, -0.2) is 0 Å². The first kappa shape index (κ1) is 22.1. The van der Waals surface area contributed by atoms with Gasteiger partial charge in [0.1, 0.15) is 0 Å². The molecule has 3 aromatic rings. The highest BCUT2D eigenvalue weighted by Crippen LogP contribution is 2.44. The summed E-state index contributed by atoms with van der Waals surface area (Å²) in [6.45, 7) is 11.0. The Morgan fingerprint density at radius 1 is 0.906 bits per heavy atom. The first-order valence-corrected chi connectivity index (χ1v) is 11.7. The number of carbonyl (C=O) groups excluding carboxylic acids is 1. The second-order valence-corrected chi connectivity index (χ2v) is 9.88. The van der Waals surface area contributed by atoms with E-state index in [-0.39, 0.29) is 29.3 Å². The van der Waals surface area contributed by atoms with E-state index in [0.29, 0.717) is 0 Å². The number of para-hydroxylation sites is 2. The average Bonchev–Trinajstić information content (AvgIpc) is 2.80. The Morgan fingerprint density at radius 2 is 1.53 bits per heavy atom. The summed E-state index contributed by atoms with van der Waals surface area (Å²) in [4.78, 5) is 15.8. The molecule has 1 aliphatic heterocycles. The van der Waals surface area contributed by atoms with Gasteiger partial charge in [-0.2, -0.15) is 0 Å². The lowest BCUT2D eigenvalue weighted by Crippen LogP contribution is -2.50. The predicted molar refractivity (Wildman–Crippen MR) is 134 cm³/mol. The summed E-state index contributed by atoms with van der Waals surface area (Å²) >= 11 is 0. The number of amides is 1. The Balaban J connectivity index is 1.73. The van der Waals surface area contributed by atoms with E-state index >= 15 is 0 Å². The summed E-state index contributed by atoms with van der Waals surface area (Å²) in [6.07, 6.45) is 0.897. The number of carbonyl (C=O) groups is 1. The van der Waals surface area contributed by atoms with Gasteiger partial charge in [0, 0.05) is 28.9 Å². The number of benzene rings is 3. The molecule has 1 aliphatic rings. The van der Waals surface area contributed by atoms with Crippen LogP contribution in [0.1, 0.15) is 68.6 Å². The van der Waals surface area contributed by atoms with E-state index in [1.54, 1.807) is 0 Å². The molecule has 0 saturated heterocycles. The van der Waals surface area contributed by atoms with Gasteiger partial charge in [-0.05, 0) is 53.3 Å². The van der Waals surface area contributed by atoms with Crippen LogP contribution >= 0.6 is 0 Å². The fraction of sp³-hybridized carbons (Fsp3) is 0.345. The molecule has 0 spiro atoms. The van der Waals surface area contributed by atoms with Gasteiger partial charge in [-0.15, -0.1) is 0 Å². The van der Waals surface area contributed by atoms with Gasteiger partial charge in [-0.3, -0.25) is 4.79 Å². The third-order valence-corrected chi connectivity index (χ3v) is 6.73. The first-order chi connectivity index (χ1) is 15.3. The summed E-state index contributed by atoms with van der Waals surface area (Å²) in [7, 11) is 0. The standard InChI is InChI=1S/C29H34N2O/c1-6-25-20(2)27(30-23-12-8-7-9-13-23)24-14-10-11-15-26(24)31(25)28(32)21-16-18-22(19-17-21)29(3,4)5/h7-20,25,27,30H,6H2,1-5H3/t20-,25-,27-/m1/s1. The Kier molecular flexibility index (Phi) is 6.10. The van der Waals surface area contributed by atoms with Crippen molar-refractivity contribution >= 4 is 17.3 Å². The second-order valence-electron chi connectivity index (χ2n) is 9.88. The van der Waals surface area contributed by atoms with E-state index in [0.717, 1.165) is 23.4 Å². The van der Waals surface area contributed by atoms with Crippen LogP contribution in [0.4, 0.5) is 11.4 Å². The topological polar surface area (TPSA) is 32.3 Å². The van der Waals surface area contributed by atoms with Gasteiger partial charge < -0.3 is 10.2 Å². The number of nitrogens with one attached hydrogen (secondary N) is 1. The van der Waals surface area contributed by atoms with Crippen LogP contribution in [0.2, 0.25) is 0 Å². The SMILES string of the molecule is CC[C@@H]1[C@@H](C)[C@@H](Nc2ccccc2)c2ccccc2N1C(=O)c1ccc(C(C)(C)C)cc1. The highest BCUT2D eigenvalue weighted by atomic mass is 16.2. The molecule has 0 unspecified atom stereocenters. The maximum Gasteiger partial charge on any atom is 0.258 e. The summed E-state index contributed by atoms with van der Waals surface area (Å²) in [6, 6.07) is 27.1. The molecular formula is C29H34N2O. The summed E-state index contributed by atoms with van der Waals surface area (Å²) in [5.41, 5.74) is 5.33. The number of hydrogen-bond acceptors (Lipinski definition) is 2. The number of fused-ring (bicyclic) bond motifs is 1. The lowest BCUT2D eigenvalue weighted by atomic mass is 9.80. The maximum atomic E-state index is 13.8. The Bertz CT molecular complexity index is 1070. The van der Waals surface area contributed by atoms with Crippen LogP contribution in [0, 0.1) is 5.92 Å². The molecule has 3 atom stereocenters. The number of nitrogens with zero attached hydrogens (tertiary/aromatic N) is 1. The molecule has 0 bridgehead atoms. The fourth-order valence-corrected chi connectivity index (χ4v) is 4.88. The summed E-state index contributed by atoms with van der Waals surface area (Å²) < 4.78 is 0. The van der Waals surface area contributed by atoms with Crippen molar-refractivity contribution in [1.82, 2.24) is 0 Å². The molecule has 32 heavy (non-hydrogen) atoms. The molecule has 3 aromatic carbocycles. The van der Waals surface area contributed by atoms with Gasteiger partial charge in [0.05, 0.1) is 6.04 Å². The van der Waals surface area contributed by atoms with Crippen molar-refractivity contribution in [1.29, 1.82) is 0 Å². The molecule has 0 fully saturated rings. The Labute approximate surface area is 192 Å². The van der Waals surface area contributed by atoms with Crippen molar-refractivity contribution in [2.24, 2.45) is 5.92 Å². The van der Waals surface area contributed by atoms with Gasteiger partial charge in [0.2, 0.25) is 0 Å². The van der Waals surface area contributed by atoms with Crippen molar-refractivity contribution in [3.05, 3.63) is 95.6 Å². The molecular weight excluding hydrogens is 392 g/mol. The molecule has 3 nitrogen and oxygen atoms in total. The van der Waals surface area contributed by atoms with Crippen molar-refractivity contribution in [3.8, 4) is 0 Å². The minimum atomic E-state index is 0.0656. The van der Waals surface area contributed by atoms with E-state index in [2.05, 4.69) is 94.5 Å². The molecule has 0 aliphatic carbocycles. The number of rotatable bonds is 4. The quantitative estimate of drug-likeness (QED) is 0.478. The van der Waals surface area contributed by atoms with E-state index in [4.69, 9.17) is 0 Å². The minimum Gasteiger partial charge on any atom is -0.378 e. The summed E-state index contributed by atoms with van der Waals surface area (Å²) in [5, 5.41) is 3.74. The van der Waals surface area contributed by atoms with Crippen molar-refractivity contribution in [2.75, 3.05) is 10.2 Å². The van der Waals surface area contributed by atoms with Crippen LogP contribution in [-0.2, 0) is 5.41 Å². The molecule has 1 amide bonds. The van der Waals surface area contributed by atoms with E-state index in [9.17, 15) is 4.79 Å². The predicted octanol–water partition coefficient (Wildman–Crippen LogP) is 7.21. The second kappa shape index (κ2) is 8.82. The van der Waals surface area contributed by atoms with Gasteiger partial charge in [0.25, 0.3) is 5.91 Å². The maximum absolute atomic E-state index is 13.8. The van der Waals surface area contributed by atoms with E-state index in [1.807, 2.05) is 29.2 Å². The molecule has 0 saturated carbocycles. The normalized spacial score (nSPS) is 20.5. The largest absolute Gasteiger partial charge is 0.378 e. The fourth-order valence-electron chi connectivity index (χ4n) is 4.88.